The maximum Gasteiger partial charge on any atom is 0.254 e. The van der Waals surface area contributed by atoms with E-state index in [-0.39, 0.29) is 17.7 Å². The van der Waals surface area contributed by atoms with Crippen LogP contribution in [0.25, 0.3) is 0 Å². The minimum Gasteiger partial charge on any atom is -0.492 e. The highest BCUT2D eigenvalue weighted by atomic mass is 16.5. The van der Waals surface area contributed by atoms with E-state index >= 15 is 0 Å². The largest absolute Gasteiger partial charge is 0.492 e. The van der Waals surface area contributed by atoms with Crippen molar-refractivity contribution in [2.24, 2.45) is 10.9 Å². The minimum atomic E-state index is -0.716. The number of para-hydroxylation sites is 1. The number of piperidine rings is 1. The van der Waals surface area contributed by atoms with Gasteiger partial charge in [0.25, 0.3) is 5.91 Å². The Labute approximate surface area is 153 Å². The normalized spacial score (nSPS) is 23.8. The standard InChI is InChI=1S/C19H24N4O3/c1-22(2)18-20-17(25)19(21-18)7-9-23(10-8-19)16(24)14-11-13-5-3-4-6-15(13)26-12-14/h3-6,14H,7-12H2,1-2H3,(H,20,21,25)/t14-/m0/s1. The molecule has 1 spiro atoms. The van der Waals surface area contributed by atoms with Crippen LogP contribution in [0.4, 0.5) is 0 Å². The maximum atomic E-state index is 12.9. The predicted octanol–water partition coefficient (Wildman–Crippen LogP) is 0.646. The number of carbonyl (C=O) groups is 2. The van der Waals surface area contributed by atoms with Crippen LogP contribution in [0, 0.1) is 5.92 Å². The zero-order valence-electron chi connectivity index (χ0n) is 15.2. The second-order valence-corrected chi connectivity index (χ2v) is 7.46. The van der Waals surface area contributed by atoms with Crippen LogP contribution in [0.3, 0.4) is 0 Å². The second-order valence-electron chi connectivity index (χ2n) is 7.46. The van der Waals surface area contributed by atoms with E-state index in [1.165, 1.54) is 0 Å². The topological polar surface area (TPSA) is 74.2 Å². The van der Waals surface area contributed by atoms with E-state index in [1.807, 2.05) is 43.3 Å². The fourth-order valence-corrected chi connectivity index (χ4v) is 3.89. The number of hydrogen-bond donors (Lipinski definition) is 1. The lowest BCUT2D eigenvalue weighted by Gasteiger charge is -2.37. The molecule has 1 aromatic carbocycles. The minimum absolute atomic E-state index is 0.0526. The van der Waals surface area contributed by atoms with Gasteiger partial charge < -0.3 is 14.5 Å². The van der Waals surface area contributed by atoms with Gasteiger partial charge in [-0.3, -0.25) is 14.9 Å². The summed E-state index contributed by atoms with van der Waals surface area (Å²) in [7, 11) is 3.72. The lowest BCUT2D eigenvalue weighted by molar-refractivity contribution is -0.140. The molecular formula is C19H24N4O3. The number of ether oxygens (including phenoxy) is 1. The first-order chi connectivity index (χ1) is 12.5. The fraction of sp³-hybridized carbons (Fsp3) is 0.526. The summed E-state index contributed by atoms with van der Waals surface area (Å²) in [4.78, 5) is 33.6. The van der Waals surface area contributed by atoms with Gasteiger partial charge in [0, 0.05) is 27.2 Å². The van der Waals surface area contributed by atoms with Gasteiger partial charge in [0.05, 0.1) is 5.92 Å². The summed E-state index contributed by atoms with van der Waals surface area (Å²) < 4.78 is 5.76. The molecule has 138 valence electrons. The summed E-state index contributed by atoms with van der Waals surface area (Å²) in [5.41, 5.74) is 0.368. The molecule has 1 N–H and O–H groups in total. The molecule has 1 atom stereocenters. The summed E-state index contributed by atoms with van der Waals surface area (Å²) in [6, 6.07) is 7.87. The van der Waals surface area contributed by atoms with Crippen LogP contribution in [-0.2, 0) is 16.0 Å². The molecule has 1 aromatic rings. The first-order valence-electron chi connectivity index (χ1n) is 9.07. The van der Waals surface area contributed by atoms with Gasteiger partial charge in [0.2, 0.25) is 11.9 Å². The molecule has 3 heterocycles. The van der Waals surface area contributed by atoms with Gasteiger partial charge in [-0.1, -0.05) is 18.2 Å². The van der Waals surface area contributed by atoms with Crippen molar-refractivity contribution in [3.63, 3.8) is 0 Å². The zero-order valence-corrected chi connectivity index (χ0v) is 15.2. The predicted molar refractivity (Wildman–Crippen MR) is 96.9 cm³/mol. The van der Waals surface area contributed by atoms with Crippen molar-refractivity contribution in [2.45, 2.75) is 24.8 Å². The van der Waals surface area contributed by atoms with Crippen LogP contribution in [-0.4, -0.2) is 66.9 Å². The van der Waals surface area contributed by atoms with E-state index in [1.54, 1.807) is 4.90 Å². The van der Waals surface area contributed by atoms with Crippen LogP contribution >= 0.6 is 0 Å². The zero-order chi connectivity index (χ0) is 18.3. The number of likely N-dealkylation sites (tertiary alicyclic amines) is 1. The lowest BCUT2D eigenvalue weighted by atomic mass is 9.87. The van der Waals surface area contributed by atoms with Crippen molar-refractivity contribution >= 4 is 17.8 Å². The highest BCUT2D eigenvalue weighted by molar-refractivity contribution is 6.07. The number of carbonyl (C=O) groups excluding carboxylic acids is 2. The number of aliphatic imine (C=N–C) groups is 1. The van der Waals surface area contributed by atoms with Crippen LogP contribution in [0.2, 0.25) is 0 Å². The summed E-state index contributed by atoms with van der Waals surface area (Å²) in [6.45, 7) is 1.52. The summed E-state index contributed by atoms with van der Waals surface area (Å²) in [6.07, 6.45) is 1.83. The number of nitrogens with one attached hydrogen (secondary N) is 1. The van der Waals surface area contributed by atoms with Gasteiger partial charge >= 0.3 is 0 Å². The van der Waals surface area contributed by atoms with E-state index in [9.17, 15) is 9.59 Å². The monoisotopic (exact) mass is 356 g/mol. The highest BCUT2D eigenvalue weighted by Crippen LogP contribution is 2.32. The van der Waals surface area contributed by atoms with Gasteiger partial charge in [-0.15, -0.1) is 0 Å². The Balaban J connectivity index is 1.41. The molecule has 1 fully saturated rings. The van der Waals surface area contributed by atoms with Gasteiger partial charge in [-0.2, -0.15) is 0 Å². The first kappa shape index (κ1) is 16.9. The van der Waals surface area contributed by atoms with Gasteiger partial charge in [0.15, 0.2) is 0 Å². The number of fused-ring (bicyclic) bond motifs is 1. The Morgan fingerprint density at radius 1 is 1.31 bits per heavy atom. The molecule has 7 heteroatoms. The van der Waals surface area contributed by atoms with Crippen molar-refractivity contribution in [3.8, 4) is 5.75 Å². The quantitative estimate of drug-likeness (QED) is 0.802. The number of hydrogen-bond acceptors (Lipinski definition) is 5. The number of guanidine groups is 1. The molecule has 3 aliphatic heterocycles. The van der Waals surface area contributed by atoms with Crippen LogP contribution in [0.1, 0.15) is 18.4 Å². The maximum absolute atomic E-state index is 12.9. The molecule has 0 radical (unpaired) electrons. The molecule has 3 aliphatic rings. The van der Waals surface area contributed by atoms with Gasteiger partial charge in [-0.25, -0.2) is 4.99 Å². The molecular weight excluding hydrogens is 332 g/mol. The van der Waals surface area contributed by atoms with E-state index < -0.39 is 5.54 Å². The first-order valence-corrected chi connectivity index (χ1v) is 9.07. The Hall–Kier alpha value is -2.57. The van der Waals surface area contributed by atoms with Crippen molar-refractivity contribution in [2.75, 3.05) is 33.8 Å². The van der Waals surface area contributed by atoms with E-state index in [2.05, 4.69) is 10.3 Å². The number of benzene rings is 1. The third-order valence-electron chi connectivity index (χ3n) is 5.52. The molecule has 0 unspecified atom stereocenters. The van der Waals surface area contributed by atoms with Crippen molar-refractivity contribution in [1.29, 1.82) is 0 Å². The van der Waals surface area contributed by atoms with E-state index in [0.717, 1.165) is 11.3 Å². The Morgan fingerprint density at radius 2 is 2.04 bits per heavy atom. The highest BCUT2D eigenvalue weighted by Gasteiger charge is 2.47. The Kier molecular flexibility index (Phi) is 4.09. The smallest absolute Gasteiger partial charge is 0.254 e. The molecule has 0 aliphatic carbocycles. The molecule has 0 bridgehead atoms. The summed E-state index contributed by atoms with van der Waals surface area (Å²) in [5, 5.41) is 2.85. The SMILES string of the molecule is CN(C)C1=NC2(CCN(C(=O)[C@@H]3COc4ccccc4C3)CC2)C(=O)N1. The van der Waals surface area contributed by atoms with Crippen LogP contribution in [0.5, 0.6) is 5.75 Å². The molecule has 26 heavy (non-hydrogen) atoms. The lowest BCUT2D eigenvalue weighted by Crippen LogP contribution is -2.52. The molecule has 0 aromatic heterocycles. The summed E-state index contributed by atoms with van der Waals surface area (Å²) in [5.74, 6) is 1.39. The van der Waals surface area contributed by atoms with Gasteiger partial charge in [-0.05, 0) is 30.9 Å². The fourth-order valence-electron chi connectivity index (χ4n) is 3.89. The summed E-state index contributed by atoms with van der Waals surface area (Å²) >= 11 is 0. The third-order valence-corrected chi connectivity index (χ3v) is 5.52. The van der Waals surface area contributed by atoms with Crippen molar-refractivity contribution in [1.82, 2.24) is 15.1 Å². The number of rotatable bonds is 1. The molecule has 2 amide bonds. The average Bonchev–Trinajstić information content (AvgIpc) is 2.98. The van der Waals surface area contributed by atoms with Gasteiger partial charge in [0.1, 0.15) is 17.9 Å². The van der Waals surface area contributed by atoms with Crippen molar-refractivity contribution < 1.29 is 14.3 Å². The van der Waals surface area contributed by atoms with Crippen LogP contribution in [0.15, 0.2) is 29.3 Å². The molecule has 7 nitrogen and oxygen atoms in total. The van der Waals surface area contributed by atoms with E-state index in [4.69, 9.17) is 4.74 Å². The Morgan fingerprint density at radius 3 is 2.73 bits per heavy atom. The van der Waals surface area contributed by atoms with Crippen LogP contribution < -0.4 is 10.1 Å². The molecule has 0 saturated carbocycles. The second kappa shape index (κ2) is 6.30. The molecule has 1 saturated heterocycles. The van der Waals surface area contributed by atoms with E-state index in [0.29, 0.717) is 44.9 Å². The Bertz CT molecular complexity index is 766. The number of nitrogens with zero attached hydrogens (tertiary/aromatic N) is 3. The third kappa shape index (κ3) is 2.81. The van der Waals surface area contributed by atoms with Crippen molar-refractivity contribution in [3.05, 3.63) is 29.8 Å². The number of amides is 2. The average molecular weight is 356 g/mol. The molecule has 4 rings (SSSR count).